The Morgan fingerprint density at radius 1 is 1.00 bits per heavy atom. The summed E-state index contributed by atoms with van der Waals surface area (Å²) in [5.74, 6) is -0.881. The van der Waals surface area contributed by atoms with Gasteiger partial charge < -0.3 is 19.4 Å². The van der Waals surface area contributed by atoms with Gasteiger partial charge in [-0.25, -0.2) is 18.0 Å². The second kappa shape index (κ2) is 12.4. The molecule has 0 aliphatic carbocycles. The standard InChI is InChI=1S/C28H32ClF3N4O7S/c1-5-44(40,41)23-7-6-19(29)12-18(23)16-36-24(37)20-14-22(42-28(30,31)32)17(13-21(20)33-25(36)38)15-34-8-10-35(11-9-34)26(39)43-27(2,3)4/h6-7,12-14H,5,8-11,15-16H2,1-4H3,(H,33,38). The summed E-state index contributed by atoms with van der Waals surface area (Å²) in [4.78, 5) is 44.6. The molecule has 4 rings (SSSR count). The van der Waals surface area contributed by atoms with Gasteiger partial charge in [-0.15, -0.1) is 13.2 Å². The lowest BCUT2D eigenvalue weighted by Crippen LogP contribution is -2.49. The van der Waals surface area contributed by atoms with Gasteiger partial charge in [0.2, 0.25) is 0 Å². The van der Waals surface area contributed by atoms with Gasteiger partial charge in [0.25, 0.3) is 5.56 Å². The number of nitrogens with one attached hydrogen (secondary N) is 1. The summed E-state index contributed by atoms with van der Waals surface area (Å²) < 4.78 is 75.9. The molecule has 11 nitrogen and oxygen atoms in total. The first-order valence-corrected chi connectivity index (χ1v) is 15.7. The number of sulfone groups is 1. The maximum absolute atomic E-state index is 13.5. The number of carbonyl (C=O) groups is 1. The van der Waals surface area contributed by atoms with Crippen molar-refractivity contribution >= 4 is 38.4 Å². The third-order valence-electron chi connectivity index (χ3n) is 6.87. The van der Waals surface area contributed by atoms with E-state index >= 15 is 0 Å². The molecule has 2 aromatic carbocycles. The molecule has 44 heavy (non-hydrogen) atoms. The second-order valence-electron chi connectivity index (χ2n) is 11.3. The third kappa shape index (κ3) is 7.93. The van der Waals surface area contributed by atoms with Crippen molar-refractivity contribution in [3.05, 3.63) is 67.3 Å². The van der Waals surface area contributed by atoms with E-state index in [1.165, 1.54) is 36.1 Å². The number of benzene rings is 2. The minimum atomic E-state index is -5.08. The van der Waals surface area contributed by atoms with Crippen LogP contribution in [0.2, 0.25) is 5.02 Å². The zero-order chi connectivity index (χ0) is 32.6. The zero-order valence-corrected chi connectivity index (χ0v) is 26.0. The Morgan fingerprint density at radius 2 is 1.66 bits per heavy atom. The molecule has 1 saturated heterocycles. The van der Waals surface area contributed by atoms with E-state index in [1.807, 2.05) is 0 Å². The largest absolute Gasteiger partial charge is 0.573 e. The van der Waals surface area contributed by atoms with E-state index in [1.54, 1.807) is 25.7 Å². The number of halogens is 4. The minimum absolute atomic E-state index is 0.0272. The number of nitrogens with zero attached hydrogens (tertiary/aromatic N) is 3. The maximum atomic E-state index is 13.5. The van der Waals surface area contributed by atoms with Crippen LogP contribution in [0.25, 0.3) is 10.9 Å². The summed E-state index contributed by atoms with van der Waals surface area (Å²) in [7, 11) is -3.76. The Hall–Kier alpha value is -3.56. The van der Waals surface area contributed by atoms with Gasteiger partial charge in [0.15, 0.2) is 9.84 Å². The van der Waals surface area contributed by atoms with E-state index in [2.05, 4.69) is 9.72 Å². The van der Waals surface area contributed by atoms with E-state index in [-0.39, 0.29) is 57.3 Å². The molecule has 0 radical (unpaired) electrons. The topological polar surface area (TPSA) is 131 Å². The Bertz CT molecular complexity index is 1790. The quantitative estimate of drug-likeness (QED) is 0.400. The summed E-state index contributed by atoms with van der Waals surface area (Å²) in [6.07, 6.45) is -5.57. The molecule has 1 N–H and O–H groups in total. The van der Waals surface area contributed by atoms with E-state index < -0.39 is 51.4 Å². The molecule has 2 heterocycles. The Kier molecular flexibility index (Phi) is 9.43. The fraction of sp³-hybridized carbons (Fsp3) is 0.464. The van der Waals surface area contributed by atoms with Gasteiger partial charge in [-0.3, -0.25) is 14.3 Å². The number of amides is 1. The molecule has 1 aliphatic heterocycles. The first-order chi connectivity index (χ1) is 20.4. The van der Waals surface area contributed by atoms with Crippen LogP contribution in [0.1, 0.15) is 38.8 Å². The maximum Gasteiger partial charge on any atom is 0.573 e. The molecule has 1 amide bonds. The molecule has 16 heteroatoms. The van der Waals surface area contributed by atoms with E-state index in [0.29, 0.717) is 17.7 Å². The van der Waals surface area contributed by atoms with E-state index in [4.69, 9.17) is 16.3 Å². The van der Waals surface area contributed by atoms with Crippen molar-refractivity contribution < 1.29 is 35.9 Å². The number of rotatable bonds is 7. The molecule has 0 unspecified atom stereocenters. The van der Waals surface area contributed by atoms with Crippen molar-refractivity contribution in [3.63, 3.8) is 0 Å². The lowest BCUT2D eigenvalue weighted by atomic mass is 10.1. The molecule has 1 aromatic heterocycles. The summed E-state index contributed by atoms with van der Waals surface area (Å²) in [6.45, 7) is 7.33. The predicted molar refractivity (Wildman–Crippen MR) is 157 cm³/mol. The number of aromatic amines is 1. The van der Waals surface area contributed by atoms with Crippen LogP contribution >= 0.6 is 11.6 Å². The second-order valence-corrected chi connectivity index (χ2v) is 14.0. The van der Waals surface area contributed by atoms with Gasteiger partial charge in [0.05, 0.1) is 28.1 Å². The molecular weight excluding hydrogens is 629 g/mol. The van der Waals surface area contributed by atoms with Crippen molar-refractivity contribution in [3.8, 4) is 5.75 Å². The average Bonchev–Trinajstić information content (AvgIpc) is 2.90. The zero-order valence-electron chi connectivity index (χ0n) is 24.5. The number of fused-ring (bicyclic) bond motifs is 1. The molecule has 240 valence electrons. The lowest BCUT2D eigenvalue weighted by molar-refractivity contribution is -0.275. The number of hydrogen-bond donors (Lipinski definition) is 1. The molecule has 0 atom stereocenters. The van der Waals surface area contributed by atoms with Crippen LogP contribution in [0.5, 0.6) is 5.75 Å². The third-order valence-corrected chi connectivity index (χ3v) is 8.94. The van der Waals surface area contributed by atoms with Crippen LogP contribution in [0.15, 0.2) is 44.8 Å². The fourth-order valence-electron chi connectivity index (χ4n) is 4.77. The van der Waals surface area contributed by atoms with Crippen molar-refractivity contribution in [1.82, 2.24) is 19.4 Å². The molecule has 0 bridgehead atoms. The first-order valence-electron chi connectivity index (χ1n) is 13.6. The average molecular weight is 661 g/mol. The number of hydrogen-bond acceptors (Lipinski definition) is 8. The van der Waals surface area contributed by atoms with Crippen LogP contribution in [0.4, 0.5) is 18.0 Å². The number of ether oxygens (including phenoxy) is 2. The highest BCUT2D eigenvalue weighted by Crippen LogP contribution is 2.31. The van der Waals surface area contributed by atoms with Crippen LogP contribution in [0, 0.1) is 0 Å². The van der Waals surface area contributed by atoms with Crippen LogP contribution in [-0.4, -0.2) is 77.8 Å². The van der Waals surface area contributed by atoms with Gasteiger partial charge in [-0.2, -0.15) is 0 Å². The SMILES string of the molecule is CCS(=O)(=O)c1ccc(Cl)cc1Cn1c(=O)[nH]c2cc(CN3CCN(C(=O)OC(C)(C)C)CC3)c(OC(F)(F)F)cc2c1=O. The summed E-state index contributed by atoms with van der Waals surface area (Å²) in [5, 5.41) is -0.109. The summed E-state index contributed by atoms with van der Waals surface area (Å²) in [6, 6.07) is 6.10. The van der Waals surface area contributed by atoms with Gasteiger partial charge in [0, 0.05) is 43.3 Å². The molecular formula is C28H32ClF3N4O7S. The van der Waals surface area contributed by atoms with Crippen LogP contribution in [-0.2, 0) is 27.7 Å². The number of alkyl halides is 3. The molecule has 0 spiro atoms. The Labute approximate surface area is 256 Å². The van der Waals surface area contributed by atoms with Crippen LogP contribution < -0.4 is 16.0 Å². The Morgan fingerprint density at radius 3 is 2.25 bits per heavy atom. The smallest absolute Gasteiger partial charge is 0.444 e. The number of carbonyl (C=O) groups excluding carboxylic acids is 1. The lowest BCUT2D eigenvalue weighted by Gasteiger charge is -2.35. The van der Waals surface area contributed by atoms with Gasteiger partial charge >= 0.3 is 18.1 Å². The van der Waals surface area contributed by atoms with Crippen molar-refractivity contribution in [2.45, 2.75) is 57.6 Å². The van der Waals surface area contributed by atoms with Crippen LogP contribution in [0.3, 0.4) is 0 Å². The van der Waals surface area contributed by atoms with Crippen molar-refractivity contribution in [2.75, 3.05) is 31.9 Å². The van der Waals surface area contributed by atoms with Crippen molar-refractivity contribution in [2.24, 2.45) is 0 Å². The molecule has 3 aromatic rings. The van der Waals surface area contributed by atoms with E-state index in [0.717, 1.165) is 6.07 Å². The summed E-state index contributed by atoms with van der Waals surface area (Å²) in [5.41, 5.74) is -2.43. The number of aromatic nitrogens is 2. The van der Waals surface area contributed by atoms with Gasteiger partial charge in [-0.05, 0) is 56.7 Å². The van der Waals surface area contributed by atoms with Gasteiger partial charge in [-0.1, -0.05) is 18.5 Å². The van der Waals surface area contributed by atoms with Crippen molar-refractivity contribution in [1.29, 1.82) is 0 Å². The molecule has 0 saturated carbocycles. The molecule has 1 aliphatic rings. The van der Waals surface area contributed by atoms with E-state index in [9.17, 15) is 36.0 Å². The fourth-order valence-corrected chi connectivity index (χ4v) is 6.07. The number of piperazine rings is 1. The van der Waals surface area contributed by atoms with Gasteiger partial charge in [0.1, 0.15) is 11.4 Å². The number of H-pyrrole nitrogens is 1. The highest BCUT2D eigenvalue weighted by atomic mass is 35.5. The highest BCUT2D eigenvalue weighted by Gasteiger charge is 2.33. The monoisotopic (exact) mass is 660 g/mol. The first kappa shape index (κ1) is 33.3. The Balaban J connectivity index is 1.69. The summed E-state index contributed by atoms with van der Waals surface area (Å²) >= 11 is 6.06. The highest BCUT2D eigenvalue weighted by molar-refractivity contribution is 7.91. The minimum Gasteiger partial charge on any atom is -0.444 e. The molecule has 1 fully saturated rings. The predicted octanol–water partition coefficient (Wildman–Crippen LogP) is 4.14. The normalized spacial score (nSPS) is 15.0.